The Balaban J connectivity index is 2.67. The van der Waals surface area contributed by atoms with E-state index in [1.54, 1.807) is 22.9 Å². The molecule has 0 aliphatic carbocycles. The maximum atomic E-state index is 11.2. The summed E-state index contributed by atoms with van der Waals surface area (Å²) < 4.78 is 1.55. The summed E-state index contributed by atoms with van der Waals surface area (Å²) in [6.45, 7) is 6.02. The van der Waals surface area contributed by atoms with Crippen LogP contribution in [0.15, 0.2) is 30.9 Å². The van der Waals surface area contributed by atoms with Gasteiger partial charge in [0.2, 0.25) is 0 Å². The number of carbonyl (C=O) groups excluding carboxylic acids is 1. The van der Waals surface area contributed by atoms with Crippen molar-refractivity contribution in [3.8, 4) is 11.3 Å². The Hall–Kier alpha value is -2.07. The van der Waals surface area contributed by atoms with Crippen LogP contribution >= 0.6 is 11.6 Å². The Bertz CT molecular complexity index is 646. The number of nitrogens with two attached hydrogens (primary N) is 1. The van der Waals surface area contributed by atoms with Gasteiger partial charge >= 0.3 is 0 Å². The average molecular weight is 276 g/mol. The molecule has 19 heavy (non-hydrogen) atoms. The summed E-state index contributed by atoms with van der Waals surface area (Å²) >= 11 is 6.00. The summed E-state index contributed by atoms with van der Waals surface area (Å²) in [5, 5.41) is 4.96. The molecule has 0 spiro atoms. The Kier molecular flexibility index (Phi) is 3.71. The van der Waals surface area contributed by atoms with Crippen LogP contribution in [0.1, 0.15) is 15.9 Å². The Morgan fingerprint density at radius 3 is 2.89 bits per heavy atom. The highest BCUT2D eigenvalue weighted by molar-refractivity contribution is 6.30. The lowest BCUT2D eigenvalue weighted by Crippen LogP contribution is -2.03. The van der Waals surface area contributed by atoms with Crippen LogP contribution in [0.2, 0.25) is 5.02 Å². The van der Waals surface area contributed by atoms with E-state index in [0.717, 1.165) is 17.4 Å². The predicted octanol–water partition coefficient (Wildman–Crippen LogP) is 3.09. The number of aryl methyl sites for hydroxylation is 1. The molecule has 0 fully saturated rings. The molecule has 0 radical (unpaired) electrons. The van der Waals surface area contributed by atoms with Gasteiger partial charge in [-0.15, -0.1) is 6.58 Å². The molecule has 2 N–H and O–H groups in total. The predicted molar refractivity (Wildman–Crippen MR) is 77.4 cm³/mol. The smallest absolute Gasteiger partial charge is 0.156 e. The van der Waals surface area contributed by atoms with Gasteiger partial charge in [-0.2, -0.15) is 5.10 Å². The number of hydrogen-bond donors (Lipinski definition) is 1. The van der Waals surface area contributed by atoms with Gasteiger partial charge < -0.3 is 5.73 Å². The molecule has 0 saturated heterocycles. The van der Waals surface area contributed by atoms with Crippen molar-refractivity contribution in [1.29, 1.82) is 0 Å². The van der Waals surface area contributed by atoms with Crippen molar-refractivity contribution in [2.24, 2.45) is 0 Å². The zero-order valence-electron chi connectivity index (χ0n) is 10.6. The molecule has 5 heteroatoms. The number of aldehydes is 1. The summed E-state index contributed by atoms with van der Waals surface area (Å²) in [6.07, 6.45) is 2.39. The lowest BCUT2D eigenvalue weighted by atomic mass is 10.0. The molecular formula is C14H14ClN3O. The van der Waals surface area contributed by atoms with Crippen LogP contribution in [0.3, 0.4) is 0 Å². The Morgan fingerprint density at radius 2 is 2.26 bits per heavy atom. The van der Waals surface area contributed by atoms with E-state index < -0.39 is 0 Å². The zero-order chi connectivity index (χ0) is 14.0. The van der Waals surface area contributed by atoms with E-state index in [4.69, 9.17) is 17.3 Å². The number of hydrogen-bond acceptors (Lipinski definition) is 3. The molecular weight excluding hydrogens is 262 g/mol. The van der Waals surface area contributed by atoms with Crippen molar-refractivity contribution in [1.82, 2.24) is 9.78 Å². The highest BCUT2D eigenvalue weighted by Crippen LogP contribution is 2.30. The first kappa shape index (κ1) is 13.4. The van der Waals surface area contributed by atoms with Gasteiger partial charge in [0.05, 0.1) is 12.1 Å². The van der Waals surface area contributed by atoms with E-state index in [9.17, 15) is 4.79 Å². The lowest BCUT2D eigenvalue weighted by Gasteiger charge is -2.03. The molecule has 2 rings (SSSR count). The summed E-state index contributed by atoms with van der Waals surface area (Å²) in [5.41, 5.74) is 8.64. The topological polar surface area (TPSA) is 60.9 Å². The summed E-state index contributed by atoms with van der Waals surface area (Å²) in [4.78, 5) is 11.2. The van der Waals surface area contributed by atoms with E-state index in [0.29, 0.717) is 28.6 Å². The number of nitrogens with zero attached hydrogens (tertiary/aromatic N) is 2. The second-order valence-electron chi connectivity index (χ2n) is 4.20. The normalized spacial score (nSPS) is 10.4. The molecule has 0 bridgehead atoms. The first-order valence-corrected chi connectivity index (χ1v) is 6.15. The average Bonchev–Trinajstić information content (AvgIpc) is 2.70. The van der Waals surface area contributed by atoms with Crippen LogP contribution in [0.5, 0.6) is 0 Å². The molecule has 2 aromatic rings. The van der Waals surface area contributed by atoms with Crippen LogP contribution < -0.4 is 5.73 Å². The van der Waals surface area contributed by atoms with Gasteiger partial charge in [-0.1, -0.05) is 23.7 Å². The third kappa shape index (κ3) is 2.39. The van der Waals surface area contributed by atoms with Gasteiger partial charge in [0.15, 0.2) is 6.29 Å². The van der Waals surface area contributed by atoms with Crippen molar-refractivity contribution in [2.75, 3.05) is 5.73 Å². The Labute approximate surface area is 116 Å². The summed E-state index contributed by atoms with van der Waals surface area (Å²) in [5.74, 6) is 0.337. The largest absolute Gasteiger partial charge is 0.383 e. The highest BCUT2D eigenvalue weighted by atomic mass is 35.5. The van der Waals surface area contributed by atoms with Gasteiger partial charge in [0.25, 0.3) is 0 Å². The maximum Gasteiger partial charge on any atom is 0.156 e. The van der Waals surface area contributed by atoms with E-state index in [2.05, 4.69) is 11.7 Å². The van der Waals surface area contributed by atoms with Crippen molar-refractivity contribution in [3.05, 3.63) is 47.0 Å². The molecule has 0 unspecified atom stereocenters. The number of benzene rings is 1. The van der Waals surface area contributed by atoms with Crippen LogP contribution in [0, 0.1) is 6.92 Å². The number of rotatable bonds is 4. The summed E-state index contributed by atoms with van der Waals surface area (Å²) in [6, 6.07) is 5.46. The number of allylic oxidation sites excluding steroid dienone is 1. The number of aromatic nitrogens is 2. The molecule has 4 nitrogen and oxygen atoms in total. The minimum Gasteiger partial charge on any atom is -0.383 e. The highest BCUT2D eigenvalue weighted by Gasteiger charge is 2.17. The minimum absolute atomic E-state index is 0.337. The number of halogens is 1. The molecule has 0 amide bonds. The molecule has 0 aliphatic rings. The second kappa shape index (κ2) is 5.28. The fourth-order valence-electron chi connectivity index (χ4n) is 1.91. The van der Waals surface area contributed by atoms with E-state index in [1.165, 1.54) is 0 Å². The number of anilines is 1. The lowest BCUT2D eigenvalue weighted by molar-refractivity contribution is 0.112. The van der Waals surface area contributed by atoms with Crippen molar-refractivity contribution < 1.29 is 4.79 Å². The van der Waals surface area contributed by atoms with Gasteiger partial charge in [-0.05, 0) is 24.6 Å². The van der Waals surface area contributed by atoms with Crippen molar-refractivity contribution in [3.63, 3.8) is 0 Å². The first-order valence-electron chi connectivity index (χ1n) is 5.77. The Morgan fingerprint density at radius 1 is 1.53 bits per heavy atom. The second-order valence-corrected chi connectivity index (χ2v) is 4.63. The fraction of sp³-hybridized carbons (Fsp3) is 0.143. The third-order valence-electron chi connectivity index (χ3n) is 2.90. The number of nitrogen functional groups attached to an aromatic ring is 1. The molecule has 1 aromatic heterocycles. The SMILES string of the molecule is C=CCn1nc(-c2cc(Cl)ccc2C)c(C=O)c1N. The maximum absolute atomic E-state index is 11.2. The van der Waals surface area contributed by atoms with Crippen molar-refractivity contribution in [2.45, 2.75) is 13.5 Å². The fourth-order valence-corrected chi connectivity index (χ4v) is 2.09. The first-order chi connectivity index (χ1) is 9.08. The van der Waals surface area contributed by atoms with Gasteiger partial charge in [-0.25, -0.2) is 4.68 Å². The van der Waals surface area contributed by atoms with Crippen LogP contribution in [-0.2, 0) is 6.54 Å². The van der Waals surface area contributed by atoms with Gasteiger partial charge in [0, 0.05) is 10.6 Å². The molecule has 1 aromatic carbocycles. The molecule has 98 valence electrons. The zero-order valence-corrected chi connectivity index (χ0v) is 11.3. The monoisotopic (exact) mass is 275 g/mol. The molecule has 0 aliphatic heterocycles. The van der Waals surface area contributed by atoms with Crippen LogP contribution in [-0.4, -0.2) is 16.1 Å². The number of carbonyl (C=O) groups is 1. The standard InChI is InChI=1S/C14H14ClN3O/c1-3-6-18-14(16)12(8-19)13(17-18)11-7-10(15)5-4-9(11)2/h3-5,7-8H,1,6,16H2,2H3. The molecule has 0 atom stereocenters. The third-order valence-corrected chi connectivity index (χ3v) is 3.14. The van der Waals surface area contributed by atoms with Gasteiger partial charge in [-0.3, -0.25) is 4.79 Å². The van der Waals surface area contributed by atoms with Crippen LogP contribution in [0.25, 0.3) is 11.3 Å². The molecule has 1 heterocycles. The molecule has 0 saturated carbocycles. The van der Waals surface area contributed by atoms with E-state index in [1.807, 2.05) is 13.0 Å². The van der Waals surface area contributed by atoms with E-state index in [-0.39, 0.29) is 0 Å². The summed E-state index contributed by atoms with van der Waals surface area (Å²) in [7, 11) is 0. The van der Waals surface area contributed by atoms with Gasteiger partial charge in [0.1, 0.15) is 11.5 Å². The quantitative estimate of drug-likeness (QED) is 0.689. The minimum atomic E-state index is 0.337. The van der Waals surface area contributed by atoms with E-state index >= 15 is 0 Å². The van der Waals surface area contributed by atoms with Crippen molar-refractivity contribution >= 4 is 23.7 Å². The van der Waals surface area contributed by atoms with Crippen LogP contribution in [0.4, 0.5) is 5.82 Å².